The van der Waals surface area contributed by atoms with Gasteiger partial charge in [-0.25, -0.2) is 0 Å². The van der Waals surface area contributed by atoms with Crippen molar-refractivity contribution in [2.45, 2.75) is 82.5 Å². The van der Waals surface area contributed by atoms with Gasteiger partial charge in [-0.1, -0.05) is 48.5 Å². The van der Waals surface area contributed by atoms with E-state index in [0.29, 0.717) is 5.41 Å². The Bertz CT molecular complexity index is 1900. The fourth-order valence-corrected chi connectivity index (χ4v) is 13.2. The number of anilines is 3. The maximum absolute atomic E-state index is 6.40. The number of benzene rings is 4. The molecule has 0 N–H and O–H groups in total. The van der Waals surface area contributed by atoms with Crippen molar-refractivity contribution in [2.75, 3.05) is 4.90 Å². The summed E-state index contributed by atoms with van der Waals surface area (Å²) in [5.41, 5.74) is 9.12. The number of fused-ring (bicyclic) bond motifs is 3. The van der Waals surface area contributed by atoms with Crippen molar-refractivity contribution in [3.05, 3.63) is 102 Å². The number of hydrogen-bond donors (Lipinski definition) is 0. The van der Waals surface area contributed by atoms with E-state index in [2.05, 4.69) is 95.9 Å². The lowest BCUT2D eigenvalue weighted by Gasteiger charge is -2.57. The van der Waals surface area contributed by atoms with Crippen LogP contribution in [-0.4, -0.2) is 0 Å². The van der Waals surface area contributed by atoms with E-state index in [1.165, 1.54) is 110 Å². The summed E-state index contributed by atoms with van der Waals surface area (Å²) in [6.45, 7) is 0. The van der Waals surface area contributed by atoms with Crippen molar-refractivity contribution in [1.82, 2.24) is 0 Å². The molecule has 8 saturated carbocycles. The fraction of sp³-hybridized carbons (Fsp3) is 0.467. The van der Waals surface area contributed by atoms with Crippen LogP contribution >= 0.6 is 0 Å². The first-order valence-corrected chi connectivity index (χ1v) is 19.0. The molecule has 47 heavy (non-hydrogen) atoms. The Morgan fingerprint density at radius 2 is 1.13 bits per heavy atom. The van der Waals surface area contributed by atoms with Gasteiger partial charge in [0.1, 0.15) is 11.2 Å². The minimum atomic E-state index is 0.415. The van der Waals surface area contributed by atoms with E-state index in [-0.39, 0.29) is 0 Å². The van der Waals surface area contributed by atoms with Crippen LogP contribution in [0.3, 0.4) is 0 Å². The highest BCUT2D eigenvalue weighted by Crippen LogP contribution is 2.61. The molecule has 4 aromatic carbocycles. The van der Waals surface area contributed by atoms with Gasteiger partial charge in [-0.05, 0) is 183 Å². The molecule has 8 fully saturated rings. The van der Waals surface area contributed by atoms with Crippen LogP contribution in [0.2, 0.25) is 0 Å². The molecule has 0 spiro atoms. The summed E-state index contributed by atoms with van der Waals surface area (Å²) in [5.74, 6) is 7.81. The van der Waals surface area contributed by atoms with Gasteiger partial charge in [0.05, 0.1) is 11.1 Å². The van der Waals surface area contributed by atoms with E-state index in [0.717, 1.165) is 58.5 Å². The highest BCUT2D eigenvalue weighted by atomic mass is 16.3. The second-order valence-electron chi connectivity index (χ2n) is 17.3. The molecule has 1 aromatic heterocycles. The molecular formula is C45H47NO. The van der Waals surface area contributed by atoms with E-state index in [4.69, 9.17) is 4.42 Å². The Kier molecular flexibility index (Phi) is 5.98. The van der Waals surface area contributed by atoms with Gasteiger partial charge in [-0.15, -0.1) is 0 Å². The molecule has 0 aliphatic heterocycles. The van der Waals surface area contributed by atoms with Crippen molar-refractivity contribution in [3.63, 3.8) is 0 Å². The Morgan fingerprint density at radius 3 is 1.79 bits per heavy atom. The fourth-order valence-electron chi connectivity index (χ4n) is 13.2. The van der Waals surface area contributed by atoms with Gasteiger partial charge < -0.3 is 9.32 Å². The van der Waals surface area contributed by atoms with E-state index in [9.17, 15) is 0 Å². The first-order chi connectivity index (χ1) is 23.1. The van der Waals surface area contributed by atoms with Crippen molar-refractivity contribution in [3.8, 4) is 0 Å². The summed E-state index contributed by atoms with van der Waals surface area (Å²) in [5, 5.41) is 2.39. The minimum Gasteiger partial charge on any atom is -0.456 e. The van der Waals surface area contributed by atoms with Crippen molar-refractivity contribution in [1.29, 1.82) is 0 Å². The molecule has 8 aliphatic carbocycles. The Hall–Kier alpha value is -3.52. The molecule has 8 aliphatic rings. The summed E-state index contributed by atoms with van der Waals surface area (Å²) in [7, 11) is 0. The average molecular weight is 618 g/mol. The largest absolute Gasteiger partial charge is 0.456 e. The Labute approximate surface area is 279 Å². The zero-order valence-electron chi connectivity index (χ0n) is 27.6. The summed E-state index contributed by atoms with van der Waals surface area (Å²) >= 11 is 0. The molecule has 13 rings (SSSR count). The standard InChI is InChI=1S/C45H47NO/c1-2-6-42-39(4-1)44-41(5-3-7-43(44)47-42)46(38-14-10-36(11-15-38)45-25-31-17-32(26-45)19-33(18-31)27-45)37-12-8-28(9-13-37)24-40-34-20-29-16-30(22-34)23-35(40)21-29/h1-15,29-35,40H,16-27H2. The third-order valence-corrected chi connectivity index (χ3v) is 14.5. The molecule has 2 nitrogen and oxygen atoms in total. The summed E-state index contributed by atoms with van der Waals surface area (Å²) < 4.78 is 6.40. The maximum atomic E-state index is 6.40. The van der Waals surface area contributed by atoms with Crippen LogP contribution in [0.4, 0.5) is 17.1 Å². The molecule has 0 amide bonds. The molecule has 5 aromatic rings. The van der Waals surface area contributed by atoms with Crippen LogP contribution in [0, 0.1) is 47.3 Å². The number of hydrogen-bond acceptors (Lipinski definition) is 2. The minimum absolute atomic E-state index is 0.415. The van der Waals surface area contributed by atoms with Gasteiger partial charge in [0.25, 0.3) is 0 Å². The molecule has 0 atom stereocenters. The van der Waals surface area contributed by atoms with Crippen LogP contribution in [-0.2, 0) is 11.8 Å². The Balaban J connectivity index is 0.975. The molecule has 1 heterocycles. The SMILES string of the molecule is c1ccc2c(c1)oc1cccc(N(c3ccc(CC4C5CC6CC(C5)CC4C6)cc3)c3ccc(C45CC6CC(CC(C6)C4)C5)cc3)c12. The molecule has 2 heteroatoms. The molecule has 0 unspecified atom stereocenters. The number of furan rings is 1. The molecule has 238 valence electrons. The third kappa shape index (κ3) is 4.35. The third-order valence-electron chi connectivity index (χ3n) is 14.5. The van der Waals surface area contributed by atoms with E-state index < -0.39 is 0 Å². The van der Waals surface area contributed by atoms with Crippen LogP contribution in [0.1, 0.15) is 81.8 Å². The zero-order chi connectivity index (χ0) is 30.7. The van der Waals surface area contributed by atoms with Gasteiger partial charge in [-0.3, -0.25) is 0 Å². The predicted molar refractivity (Wildman–Crippen MR) is 192 cm³/mol. The lowest BCUT2D eigenvalue weighted by Crippen LogP contribution is -2.48. The quantitative estimate of drug-likeness (QED) is 0.188. The normalized spacial score (nSPS) is 34.9. The highest BCUT2D eigenvalue weighted by Gasteiger charge is 2.51. The molecule has 8 bridgehead atoms. The van der Waals surface area contributed by atoms with E-state index in [1.807, 2.05) is 0 Å². The molecule has 0 saturated heterocycles. The number of para-hydroxylation sites is 1. The second-order valence-corrected chi connectivity index (χ2v) is 17.3. The van der Waals surface area contributed by atoms with Crippen LogP contribution < -0.4 is 4.90 Å². The van der Waals surface area contributed by atoms with Gasteiger partial charge in [0.2, 0.25) is 0 Å². The maximum Gasteiger partial charge on any atom is 0.137 e. The number of rotatable bonds is 6. The Morgan fingerprint density at radius 1 is 0.553 bits per heavy atom. The van der Waals surface area contributed by atoms with Gasteiger partial charge in [-0.2, -0.15) is 0 Å². The van der Waals surface area contributed by atoms with Crippen molar-refractivity contribution in [2.24, 2.45) is 47.3 Å². The monoisotopic (exact) mass is 617 g/mol. The summed E-state index contributed by atoms with van der Waals surface area (Å²) in [6.07, 6.45) is 17.5. The zero-order valence-corrected chi connectivity index (χ0v) is 27.6. The first kappa shape index (κ1) is 27.4. The van der Waals surface area contributed by atoms with Crippen LogP contribution in [0.5, 0.6) is 0 Å². The predicted octanol–water partition coefficient (Wildman–Crippen LogP) is 12.1. The van der Waals surface area contributed by atoms with Crippen molar-refractivity contribution >= 4 is 39.0 Å². The molecule has 0 radical (unpaired) electrons. The van der Waals surface area contributed by atoms with E-state index in [1.54, 1.807) is 5.56 Å². The summed E-state index contributed by atoms with van der Waals surface area (Å²) in [6, 6.07) is 34.7. The highest BCUT2D eigenvalue weighted by molar-refractivity contribution is 6.13. The lowest BCUT2D eigenvalue weighted by atomic mass is 9.48. The first-order valence-electron chi connectivity index (χ1n) is 19.0. The van der Waals surface area contributed by atoms with E-state index >= 15 is 0 Å². The van der Waals surface area contributed by atoms with Gasteiger partial charge in [0.15, 0.2) is 0 Å². The van der Waals surface area contributed by atoms with Crippen molar-refractivity contribution < 1.29 is 4.42 Å². The number of nitrogens with zero attached hydrogens (tertiary/aromatic N) is 1. The average Bonchev–Trinajstić information content (AvgIpc) is 3.46. The van der Waals surface area contributed by atoms with Crippen LogP contribution in [0.15, 0.2) is 95.4 Å². The second kappa shape index (κ2) is 10.2. The smallest absolute Gasteiger partial charge is 0.137 e. The topological polar surface area (TPSA) is 16.4 Å². The van der Waals surface area contributed by atoms with Gasteiger partial charge in [0, 0.05) is 16.8 Å². The van der Waals surface area contributed by atoms with Crippen LogP contribution in [0.25, 0.3) is 21.9 Å². The van der Waals surface area contributed by atoms with Gasteiger partial charge >= 0.3 is 0 Å². The summed E-state index contributed by atoms with van der Waals surface area (Å²) in [4.78, 5) is 2.50. The molecular weight excluding hydrogens is 571 g/mol. The lowest BCUT2D eigenvalue weighted by molar-refractivity contribution is -0.0360.